The van der Waals surface area contributed by atoms with Crippen molar-refractivity contribution in [3.05, 3.63) is 47.1 Å². The molecular weight excluding hydrogens is 432 g/mol. The number of fused-ring (bicyclic) bond motifs is 1. The molecule has 1 fully saturated rings. The van der Waals surface area contributed by atoms with E-state index < -0.39 is 0 Å². The maximum Gasteiger partial charge on any atom is 0.180 e. The van der Waals surface area contributed by atoms with E-state index in [1.54, 1.807) is 12.4 Å². The molecule has 148 valence electrons. The van der Waals surface area contributed by atoms with Gasteiger partial charge >= 0.3 is 0 Å². The fourth-order valence-electron chi connectivity index (χ4n) is 4.23. The molecule has 1 saturated heterocycles. The van der Waals surface area contributed by atoms with Crippen LogP contribution in [0.3, 0.4) is 0 Å². The van der Waals surface area contributed by atoms with Gasteiger partial charge in [0.25, 0.3) is 0 Å². The van der Waals surface area contributed by atoms with Crippen molar-refractivity contribution in [1.82, 2.24) is 29.2 Å². The highest BCUT2D eigenvalue weighted by Crippen LogP contribution is 2.28. The molecule has 2 unspecified atom stereocenters. The van der Waals surface area contributed by atoms with E-state index in [4.69, 9.17) is 4.98 Å². The highest BCUT2D eigenvalue weighted by molar-refractivity contribution is 9.10. The maximum absolute atomic E-state index is 4.90. The predicted molar refractivity (Wildman–Crippen MR) is 116 cm³/mol. The zero-order valence-electron chi connectivity index (χ0n) is 16.3. The number of anilines is 1. The van der Waals surface area contributed by atoms with Gasteiger partial charge in [-0.05, 0) is 41.5 Å². The number of hydrogen-bond acceptors (Lipinski definition) is 7. The number of rotatable bonds is 3. The van der Waals surface area contributed by atoms with Crippen molar-refractivity contribution < 1.29 is 0 Å². The zero-order valence-corrected chi connectivity index (χ0v) is 17.9. The van der Waals surface area contributed by atoms with Gasteiger partial charge in [0.1, 0.15) is 16.1 Å². The third-order valence-electron chi connectivity index (χ3n) is 5.66. The van der Waals surface area contributed by atoms with Crippen LogP contribution in [-0.4, -0.2) is 74.2 Å². The molecule has 0 aromatic carbocycles. The SMILES string of the molecule is CC1C(C2=CCN=C2)N(C)CCN1c1ccnc(-c2cnc3cnc(Br)cn23)n1. The first-order valence-electron chi connectivity index (χ1n) is 9.60. The van der Waals surface area contributed by atoms with Gasteiger partial charge < -0.3 is 4.90 Å². The molecule has 2 aliphatic heterocycles. The lowest BCUT2D eigenvalue weighted by molar-refractivity contribution is 0.213. The van der Waals surface area contributed by atoms with E-state index in [1.807, 2.05) is 29.1 Å². The fourth-order valence-corrected chi connectivity index (χ4v) is 4.54. The number of piperazine rings is 1. The molecule has 2 aliphatic rings. The lowest BCUT2D eigenvalue weighted by atomic mass is 9.96. The van der Waals surface area contributed by atoms with Gasteiger partial charge in [0.2, 0.25) is 0 Å². The van der Waals surface area contributed by atoms with E-state index in [-0.39, 0.29) is 6.04 Å². The van der Waals surface area contributed by atoms with Crippen LogP contribution in [0, 0.1) is 0 Å². The van der Waals surface area contributed by atoms with Crippen LogP contribution in [0.15, 0.2) is 52.1 Å². The van der Waals surface area contributed by atoms with Gasteiger partial charge in [-0.25, -0.2) is 19.9 Å². The molecule has 0 spiro atoms. The average Bonchev–Trinajstić information content (AvgIpc) is 3.38. The smallest absolute Gasteiger partial charge is 0.180 e. The first-order valence-corrected chi connectivity index (χ1v) is 10.4. The molecule has 3 aromatic rings. The molecule has 8 nitrogen and oxygen atoms in total. The summed E-state index contributed by atoms with van der Waals surface area (Å²) in [7, 11) is 2.18. The monoisotopic (exact) mass is 452 g/mol. The van der Waals surface area contributed by atoms with Crippen LogP contribution in [0.25, 0.3) is 17.2 Å². The van der Waals surface area contributed by atoms with E-state index in [0.29, 0.717) is 11.9 Å². The minimum atomic E-state index is 0.271. The second-order valence-electron chi connectivity index (χ2n) is 7.38. The van der Waals surface area contributed by atoms with Crippen LogP contribution in [0.2, 0.25) is 0 Å². The number of aromatic nitrogens is 5. The van der Waals surface area contributed by atoms with Gasteiger partial charge in [0.15, 0.2) is 11.5 Å². The summed E-state index contributed by atoms with van der Waals surface area (Å²) in [5.74, 6) is 1.58. The van der Waals surface area contributed by atoms with Gasteiger partial charge in [-0.3, -0.25) is 14.3 Å². The number of nitrogens with zero attached hydrogens (tertiary/aromatic N) is 8. The number of likely N-dealkylation sites (N-methyl/N-ethyl adjacent to an activating group) is 1. The topological polar surface area (TPSA) is 74.8 Å². The summed E-state index contributed by atoms with van der Waals surface area (Å²) in [6.07, 6.45) is 11.4. The first-order chi connectivity index (χ1) is 14.1. The summed E-state index contributed by atoms with van der Waals surface area (Å²) in [5.41, 5.74) is 2.89. The van der Waals surface area contributed by atoms with Crippen molar-refractivity contribution in [3.63, 3.8) is 0 Å². The Labute approximate surface area is 177 Å². The highest BCUT2D eigenvalue weighted by atomic mass is 79.9. The molecule has 3 aromatic heterocycles. The van der Waals surface area contributed by atoms with Crippen molar-refractivity contribution in [2.45, 2.75) is 19.0 Å². The lowest BCUT2D eigenvalue weighted by Gasteiger charge is -2.45. The molecule has 0 radical (unpaired) electrons. The molecule has 0 aliphatic carbocycles. The van der Waals surface area contributed by atoms with Crippen LogP contribution < -0.4 is 4.90 Å². The molecule has 0 saturated carbocycles. The Morgan fingerprint density at radius 2 is 2.03 bits per heavy atom. The second kappa shape index (κ2) is 7.31. The average molecular weight is 453 g/mol. The summed E-state index contributed by atoms with van der Waals surface area (Å²) in [6.45, 7) is 4.92. The van der Waals surface area contributed by atoms with Crippen molar-refractivity contribution in [1.29, 1.82) is 0 Å². The standard InChI is InChI=1S/C20H21BrN8/c1-13-19(14-3-5-22-9-14)27(2)7-8-28(13)17-4-6-23-20(26-17)15-10-25-18-11-24-16(21)12-29(15)18/h3-4,6,9-13,19H,5,7-8H2,1-2H3. The minimum Gasteiger partial charge on any atom is -0.351 e. The Kier molecular flexibility index (Phi) is 4.63. The molecule has 5 heterocycles. The molecular formula is C20H21BrN8. The Bertz CT molecular complexity index is 1120. The van der Waals surface area contributed by atoms with E-state index in [0.717, 1.165) is 41.4 Å². The van der Waals surface area contributed by atoms with Crippen molar-refractivity contribution in [2.75, 3.05) is 31.6 Å². The van der Waals surface area contributed by atoms with Crippen LogP contribution in [-0.2, 0) is 0 Å². The van der Waals surface area contributed by atoms with Crippen LogP contribution in [0.5, 0.6) is 0 Å². The number of aliphatic imine (C=N–C) groups is 1. The Balaban J connectivity index is 1.50. The van der Waals surface area contributed by atoms with Gasteiger partial charge in [-0.15, -0.1) is 0 Å². The number of halogens is 1. The lowest BCUT2D eigenvalue weighted by Crippen LogP contribution is -2.58. The third kappa shape index (κ3) is 3.24. The van der Waals surface area contributed by atoms with Crippen LogP contribution in [0.1, 0.15) is 6.92 Å². The number of hydrogen-bond donors (Lipinski definition) is 0. The fraction of sp³-hybridized carbons (Fsp3) is 0.350. The normalized spacial score (nSPS) is 22.4. The Morgan fingerprint density at radius 1 is 1.14 bits per heavy atom. The molecule has 0 bridgehead atoms. The second-order valence-corrected chi connectivity index (χ2v) is 8.19. The van der Waals surface area contributed by atoms with Gasteiger partial charge in [-0.2, -0.15) is 0 Å². The number of imidazole rings is 1. The molecule has 2 atom stereocenters. The Morgan fingerprint density at radius 3 is 2.86 bits per heavy atom. The predicted octanol–water partition coefficient (Wildman–Crippen LogP) is 2.47. The Hall–Kier alpha value is -2.65. The summed E-state index contributed by atoms with van der Waals surface area (Å²) in [6, 6.07) is 2.55. The van der Waals surface area contributed by atoms with Crippen molar-refractivity contribution in [3.8, 4) is 11.5 Å². The van der Waals surface area contributed by atoms with Crippen molar-refractivity contribution >= 4 is 33.6 Å². The molecule has 5 rings (SSSR count). The van der Waals surface area contributed by atoms with Crippen molar-refractivity contribution in [2.24, 2.45) is 4.99 Å². The maximum atomic E-state index is 4.90. The van der Waals surface area contributed by atoms with E-state index in [1.165, 1.54) is 5.57 Å². The quantitative estimate of drug-likeness (QED) is 0.607. The highest BCUT2D eigenvalue weighted by Gasteiger charge is 2.35. The molecule has 9 heteroatoms. The summed E-state index contributed by atoms with van der Waals surface area (Å²) >= 11 is 3.42. The van der Waals surface area contributed by atoms with Gasteiger partial charge in [-0.1, -0.05) is 6.08 Å². The third-order valence-corrected chi connectivity index (χ3v) is 6.07. The largest absolute Gasteiger partial charge is 0.351 e. The van der Waals surface area contributed by atoms with Gasteiger partial charge in [0.05, 0.1) is 25.0 Å². The summed E-state index contributed by atoms with van der Waals surface area (Å²) < 4.78 is 2.69. The molecule has 29 heavy (non-hydrogen) atoms. The molecule has 0 N–H and O–H groups in total. The minimum absolute atomic E-state index is 0.271. The molecule has 0 amide bonds. The van der Waals surface area contributed by atoms with Crippen LogP contribution >= 0.6 is 15.9 Å². The summed E-state index contributed by atoms with van der Waals surface area (Å²) in [5, 5.41) is 0. The van der Waals surface area contributed by atoms with E-state index in [9.17, 15) is 0 Å². The van der Waals surface area contributed by atoms with Gasteiger partial charge in [0, 0.05) is 37.7 Å². The van der Waals surface area contributed by atoms with Crippen LogP contribution in [0.4, 0.5) is 5.82 Å². The zero-order chi connectivity index (χ0) is 20.0. The van der Waals surface area contributed by atoms with E-state index >= 15 is 0 Å². The summed E-state index contributed by atoms with van der Waals surface area (Å²) in [4.78, 5) is 27.2. The first kappa shape index (κ1) is 18.4. The van der Waals surface area contributed by atoms with E-state index in [2.05, 4.69) is 65.7 Å².